The van der Waals surface area contributed by atoms with Crippen molar-refractivity contribution >= 4 is 10.0 Å². The lowest BCUT2D eigenvalue weighted by molar-refractivity contribution is 0.382. The molecule has 0 radical (unpaired) electrons. The normalized spacial score (nSPS) is 20.4. The van der Waals surface area contributed by atoms with Crippen LogP contribution >= 0.6 is 0 Å². The van der Waals surface area contributed by atoms with Crippen LogP contribution in [0.2, 0.25) is 0 Å². The molecule has 0 saturated carbocycles. The molecular formula is C14H22N2O2S. The predicted octanol–water partition coefficient (Wildman–Crippen LogP) is 1.81. The number of benzene rings is 1. The zero-order valence-corrected chi connectivity index (χ0v) is 12.2. The molecule has 1 aromatic carbocycles. The second-order valence-electron chi connectivity index (χ2n) is 5.10. The number of piperidine rings is 1. The second-order valence-corrected chi connectivity index (χ2v) is 6.83. The van der Waals surface area contributed by atoms with Crippen molar-refractivity contribution in [1.29, 1.82) is 0 Å². The zero-order chi connectivity index (χ0) is 13.7. The van der Waals surface area contributed by atoms with E-state index in [-0.39, 0.29) is 0 Å². The van der Waals surface area contributed by atoms with Gasteiger partial charge in [0.2, 0.25) is 10.0 Å². The van der Waals surface area contributed by atoms with Crippen molar-refractivity contribution in [3.05, 3.63) is 29.8 Å². The fraction of sp³-hybridized carbons (Fsp3) is 0.571. The third-order valence-corrected chi connectivity index (χ3v) is 5.20. The maximum atomic E-state index is 12.2. The maximum Gasteiger partial charge on any atom is 0.240 e. The molecule has 1 saturated heterocycles. The van der Waals surface area contributed by atoms with E-state index in [4.69, 9.17) is 0 Å². The molecule has 2 N–H and O–H groups in total. The Morgan fingerprint density at radius 3 is 2.79 bits per heavy atom. The van der Waals surface area contributed by atoms with Gasteiger partial charge in [-0.2, -0.15) is 0 Å². The van der Waals surface area contributed by atoms with Crippen molar-refractivity contribution in [2.24, 2.45) is 0 Å². The maximum absolute atomic E-state index is 12.2. The Kier molecular flexibility index (Phi) is 4.96. The van der Waals surface area contributed by atoms with Crippen LogP contribution in [0.3, 0.4) is 0 Å². The molecule has 0 aliphatic carbocycles. The molecule has 1 aliphatic heterocycles. The first kappa shape index (κ1) is 14.5. The van der Waals surface area contributed by atoms with E-state index in [0.717, 1.165) is 24.9 Å². The van der Waals surface area contributed by atoms with Crippen molar-refractivity contribution < 1.29 is 8.42 Å². The molecule has 5 heteroatoms. The zero-order valence-electron chi connectivity index (χ0n) is 11.4. The highest BCUT2D eigenvalue weighted by Crippen LogP contribution is 2.14. The Labute approximate surface area is 115 Å². The van der Waals surface area contributed by atoms with Crippen molar-refractivity contribution in [2.75, 3.05) is 13.1 Å². The standard InChI is InChI=1S/C14H22N2O2S/c1-12-6-2-3-8-14(12)19(17,18)16-11-9-13-7-4-5-10-15-13/h2-3,6,8,13,15-16H,4-5,7,9-11H2,1H3. The summed E-state index contributed by atoms with van der Waals surface area (Å²) in [5.41, 5.74) is 0.783. The number of sulfonamides is 1. The molecule has 1 atom stereocenters. The highest BCUT2D eigenvalue weighted by atomic mass is 32.2. The summed E-state index contributed by atoms with van der Waals surface area (Å²) in [6.07, 6.45) is 4.46. The molecule has 106 valence electrons. The number of rotatable bonds is 5. The molecule has 1 unspecified atom stereocenters. The molecule has 1 aromatic rings. The fourth-order valence-corrected chi connectivity index (χ4v) is 3.77. The highest BCUT2D eigenvalue weighted by molar-refractivity contribution is 7.89. The van der Waals surface area contributed by atoms with Gasteiger partial charge in [-0.1, -0.05) is 24.6 Å². The third-order valence-electron chi connectivity index (χ3n) is 3.58. The number of aryl methyl sites for hydroxylation is 1. The van der Waals surface area contributed by atoms with Gasteiger partial charge >= 0.3 is 0 Å². The van der Waals surface area contributed by atoms with E-state index in [0.29, 0.717) is 17.5 Å². The average Bonchev–Trinajstić information content (AvgIpc) is 2.40. The van der Waals surface area contributed by atoms with Crippen LogP contribution in [-0.4, -0.2) is 27.5 Å². The largest absolute Gasteiger partial charge is 0.314 e. The number of hydrogen-bond donors (Lipinski definition) is 2. The molecule has 19 heavy (non-hydrogen) atoms. The predicted molar refractivity (Wildman–Crippen MR) is 76.6 cm³/mol. The van der Waals surface area contributed by atoms with Crippen LogP contribution in [0, 0.1) is 6.92 Å². The minimum absolute atomic E-state index is 0.381. The molecule has 0 aromatic heterocycles. The molecule has 0 bridgehead atoms. The second kappa shape index (κ2) is 6.50. The summed E-state index contributed by atoms with van der Waals surface area (Å²) in [5.74, 6) is 0. The quantitative estimate of drug-likeness (QED) is 0.866. The molecule has 2 rings (SSSR count). The van der Waals surface area contributed by atoms with Gasteiger partial charge in [0.25, 0.3) is 0 Å². The minimum Gasteiger partial charge on any atom is -0.314 e. The van der Waals surface area contributed by atoms with Gasteiger partial charge < -0.3 is 5.32 Å². The Morgan fingerprint density at radius 2 is 2.11 bits per heavy atom. The van der Waals surface area contributed by atoms with Gasteiger partial charge in [0.15, 0.2) is 0 Å². The SMILES string of the molecule is Cc1ccccc1S(=O)(=O)NCCC1CCCCN1. The van der Waals surface area contributed by atoms with Gasteiger partial charge in [-0.15, -0.1) is 0 Å². The molecular weight excluding hydrogens is 260 g/mol. The van der Waals surface area contributed by atoms with E-state index in [2.05, 4.69) is 10.0 Å². The van der Waals surface area contributed by atoms with Crippen LogP contribution in [-0.2, 0) is 10.0 Å². The van der Waals surface area contributed by atoms with E-state index >= 15 is 0 Å². The lowest BCUT2D eigenvalue weighted by Crippen LogP contribution is -2.37. The van der Waals surface area contributed by atoms with Crippen LogP contribution in [0.5, 0.6) is 0 Å². The molecule has 1 aliphatic rings. The van der Waals surface area contributed by atoms with Crippen molar-refractivity contribution in [3.8, 4) is 0 Å². The first-order valence-corrected chi connectivity index (χ1v) is 8.36. The summed E-state index contributed by atoms with van der Waals surface area (Å²) in [6, 6.07) is 7.52. The summed E-state index contributed by atoms with van der Waals surface area (Å²) < 4.78 is 27.0. The summed E-state index contributed by atoms with van der Waals surface area (Å²) >= 11 is 0. The van der Waals surface area contributed by atoms with Crippen LogP contribution in [0.1, 0.15) is 31.2 Å². The van der Waals surface area contributed by atoms with E-state index in [1.165, 1.54) is 12.8 Å². The summed E-state index contributed by atoms with van der Waals surface area (Å²) in [6.45, 7) is 3.36. The van der Waals surface area contributed by atoms with E-state index in [1.807, 2.05) is 19.1 Å². The minimum atomic E-state index is -3.37. The summed E-state index contributed by atoms with van der Waals surface area (Å²) in [7, 11) is -3.37. The summed E-state index contributed by atoms with van der Waals surface area (Å²) in [4.78, 5) is 0.381. The summed E-state index contributed by atoms with van der Waals surface area (Å²) in [5, 5.41) is 3.42. The topological polar surface area (TPSA) is 58.2 Å². The fourth-order valence-electron chi connectivity index (χ4n) is 2.47. The van der Waals surface area contributed by atoms with Gasteiger partial charge in [-0.05, 0) is 44.4 Å². The van der Waals surface area contributed by atoms with Crippen molar-refractivity contribution in [3.63, 3.8) is 0 Å². The molecule has 1 heterocycles. The van der Waals surface area contributed by atoms with Gasteiger partial charge in [-0.3, -0.25) is 0 Å². The van der Waals surface area contributed by atoms with Crippen LogP contribution in [0.4, 0.5) is 0 Å². The lowest BCUT2D eigenvalue weighted by Gasteiger charge is -2.23. The van der Waals surface area contributed by atoms with Crippen LogP contribution < -0.4 is 10.0 Å². The monoisotopic (exact) mass is 282 g/mol. The Morgan fingerprint density at radius 1 is 1.32 bits per heavy atom. The molecule has 0 spiro atoms. The van der Waals surface area contributed by atoms with Gasteiger partial charge in [0, 0.05) is 12.6 Å². The molecule has 4 nitrogen and oxygen atoms in total. The van der Waals surface area contributed by atoms with Gasteiger partial charge in [-0.25, -0.2) is 13.1 Å². The molecule has 1 fully saturated rings. The van der Waals surface area contributed by atoms with E-state index in [1.54, 1.807) is 12.1 Å². The average molecular weight is 282 g/mol. The molecule has 0 amide bonds. The Balaban J connectivity index is 1.89. The van der Waals surface area contributed by atoms with Crippen molar-refractivity contribution in [1.82, 2.24) is 10.0 Å². The lowest BCUT2D eigenvalue weighted by atomic mass is 10.0. The Hall–Kier alpha value is -0.910. The van der Waals surface area contributed by atoms with Crippen LogP contribution in [0.15, 0.2) is 29.2 Å². The third kappa shape index (κ3) is 4.03. The smallest absolute Gasteiger partial charge is 0.240 e. The highest BCUT2D eigenvalue weighted by Gasteiger charge is 2.17. The van der Waals surface area contributed by atoms with Gasteiger partial charge in [0.05, 0.1) is 4.90 Å². The number of hydrogen-bond acceptors (Lipinski definition) is 3. The Bertz CT molecular complexity index is 508. The van der Waals surface area contributed by atoms with E-state index in [9.17, 15) is 8.42 Å². The number of nitrogens with one attached hydrogen (secondary N) is 2. The first-order valence-electron chi connectivity index (χ1n) is 6.88. The first-order chi connectivity index (χ1) is 9.09. The van der Waals surface area contributed by atoms with E-state index < -0.39 is 10.0 Å². The van der Waals surface area contributed by atoms with Crippen molar-refractivity contribution in [2.45, 2.75) is 43.5 Å². The van der Waals surface area contributed by atoms with Crippen LogP contribution in [0.25, 0.3) is 0 Å². The van der Waals surface area contributed by atoms with Gasteiger partial charge in [0.1, 0.15) is 0 Å².